The van der Waals surface area contributed by atoms with Gasteiger partial charge in [-0.05, 0) is 20.0 Å². The molecule has 20 heavy (non-hydrogen) atoms. The van der Waals surface area contributed by atoms with Crippen LogP contribution >= 0.6 is 0 Å². The van der Waals surface area contributed by atoms with Crippen molar-refractivity contribution in [2.45, 2.75) is 40.5 Å². The minimum Gasteiger partial charge on any atom is -0.478 e. The number of aromatic nitrogens is 2. The second-order valence-electron chi connectivity index (χ2n) is 4.99. The van der Waals surface area contributed by atoms with E-state index in [1.54, 1.807) is 0 Å². The summed E-state index contributed by atoms with van der Waals surface area (Å²) >= 11 is 0. The highest BCUT2D eigenvalue weighted by atomic mass is 16.5. The Balaban J connectivity index is 2.68. The van der Waals surface area contributed by atoms with E-state index in [0.717, 1.165) is 37.8 Å². The summed E-state index contributed by atoms with van der Waals surface area (Å²) in [5.41, 5.74) is 0. The molecule has 0 saturated carbocycles. The lowest BCUT2D eigenvalue weighted by Crippen LogP contribution is -2.28. The van der Waals surface area contributed by atoms with E-state index in [0.29, 0.717) is 18.4 Å². The van der Waals surface area contributed by atoms with Gasteiger partial charge < -0.3 is 15.0 Å². The van der Waals surface area contributed by atoms with E-state index in [4.69, 9.17) is 4.74 Å². The summed E-state index contributed by atoms with van der Waals surface area (Å²) in [5, 5.41) is 3.37. The third kappa shape index (κ3) is 5.33. The molecule has 0 saturated heterocycles. The predicted molar refractivity (Wildman–Crippen MR) is 83.6 cm³/mol. The maximum absolute atomic E-state index is 5.51. The van der Waals surface area contributed by atoms with Crippen molar-refractivity contribution in [2.75, 3.05) is 38.1 Å². The third-order valence-corrected chi connectivity index (χ3v) is 3.16. The van der Waals surface area contributed by atoms with Crippen molar-refractivity contribution in [1.82, 2.24) is 14.9 Å². The Morgan fingerprint density at radius 1 is 1.20 bits per heavy atom. The molecule has 0 amide bonds. The summed E-state index contributed by atoms with van der Waals surface area (Å²) in [4.78, 5) is 11.3. The van der Waals surface area contributed by atoms with Crippen LogP contribution in [-0.4, -0.2) is 47.7 Å². The standard InChI is InChI=1S/C15H28N4O/c1-6-19(7-2)10-9-16-13-11-14(20-8-3)18-15(17-13)12(4)5/h11-12H,6-10H2,1-5H3,(H,16,17,18). The molecule has 1 aromatic heterocycles. The van der Waals surface area contributed by atoms with Gasteiger partial charge in [0.05, 0.1) is 6.61 Å². The monoisotopic (exact) mass is 280 g/mol. The van der Waals surface area contributed by atoms with Crippen molar-refractivity contribution in [1.29, 1.82) is 0 Å². The smallest absolute Gasteiger partial charge is 0.218 e. The highest BCUT2D eigenvalue weighted by Gasteiger charge is 2.09. The maximum atomic E-state index is 5.51. The quantitative estimate of drug-likeness (QED) is 0.754. The van der Waals surface area contributed by atoms with Crippen molar-refractivity contribution >= 4 is 5.82 Å². The van der Waals surface area contributed by atoms with Crippen molar-refractivity contribution in [3.63, 3.8) is 0 Å². The molecule has 1 N–H and O–H groups in total. The number of nitrogens with zero attached hydrogens (tertiary/aromatic N) is 3. The van der Waals surface area contributed by atoms with Crippen LogP contribution in [-0.2, 0) is 0 Å². The van der Waals surface area contributed by atoms with Crippen LogP contribution in [0.5, 0.6) is 5.88 Å². The highest BCUT2D eigenvalue weighted by Crippen LogP contribution is 2.18. The Morgan fingerprint density at radius 2 is 1.90 bits per heavy atom. The lowest BCUT2D eigenvalue weighted by molar-refractivity contribution is 0.315. The first-order valence-electron chi connectivity index (χ1n) is 7.58. The third-order valence-electron chi connectivity index (χ3n) is 3.16. The van der Waals surface area contributed by atoms with E-state index in [1.165, 1.54) is 0 Å². The first-order chi connectivity index (χ1) is 9.60. The summed E-state index contributed by atoms with van der Waals surface area (Å²) in [5.74, 6) is 2.61. The zero-order valence-corrected chi connectivity index (χ0v) is 13.4. The number of likely N-dealkylation sites (N-methyl/N-ethyl adjacent to an activating group) is 1. The van der Waals surface area contributed by atoms with Gasteiger partial charge in [-0.15, -0.1) is 0 Å². The molecule has 0 radical (unpaired) electrons. The molecule has 0 aliphatic carbocycles. The Bertz CT molecular complexity index is 391. The van der Waals surface area contributed by atoms with Crippen LogP contribution in [0.2, 0.25) is 0 Å². The van der Waals surface area contributed by atoms with Crippen LogP contribution in [0.1, 0.15) is 46.4 Å². The van der Waals surface area contributed by atoms with E-state index in [1.807, 2.05) is 13.0 Å². The maximum Gasteiger partial charge on any atom is 0.218 e. The summed E-state index contributed by atoms with van der Waals surface area (Å²) < 4.78 is 5.51. The molecule has 1 heterocycles. The zero-order valence-electron chi connectivity index (χ0n) is 13.4. The van der Waals surface area contributed by atoms with Gasteiger partial charge in [0.15, 0.2) is 0 Å². The molecule has 0 fully saturated rings. The molecule has 1 aromatic rings. The van der Waals surface area contributed by atoms with Crippen LogP contribution < -0.4 is 10.1 Å². The second-order valence-corrected chi connectivity index (χ2v) is 4.99. The van der Waals surface area contributed by atoms with Gasteiger partial charge >= 0.3 is 0 Å². The van der Waals surface area contributed by atoms with Crippen LogP contribution in [0.15, 0.2) is 6.07 Å². The first-order valence-corrected chi connectivity index (χ1v) is 7.58. The predicted octanol–water partition coefficient (Wildman–Crippen LogP) is 2.75. The van der Waals surface area contributed by atoms with Crippen molar-refractivity contribution < 1.29 is 4.74 Å². The first kappa shape index (κ1) is 16.7. The molecule has 114 valence electrons. The molecule has 0 atom stereocenters. The molecule has 1 rings (SSSR count). The van der Waals surface area contributed by atoms with E-state index in [9.17, 15) is 0 Å². The molecular formula is C15H28N4O. The van der Waals surface area contributed by atoms with Gasteiger partial charge in [0.2, 0.25) is 5.88 Å². The molecular weight excluding hydrogens is 252 g/mol. The summed E-state index contributed by atoms with van der Waals surface area (Å²) in [6.45, 7) is 15.1. The SMILES string of the molecule is CCOc1cc(NCCN(CC)CC)nc(C(C)C)n1. The molecule has 0 aliphatic rings. The lowest BCUT2D eigenvalue weighted by Gasteiger charge is -2.18. The van der Waals surface area contributed by atoms with Crippen molar-refractivity contribution in [3.05, 3.63) is 11.9 Å². The Labute approximate surface area is 122 Å². The fourth-order valence-electron chi connectivity index (χ4n) is 1.90. The van der Waals surface area contributed by atoms with Gasteiger partial charge in [0, 0.05) is 25.1 Å². The summed E-state index contributed by atoms with van der Waals surface area (Å²) in [7, 11) is 0. The molecule has 0 spiro atoms. The van der Waals surface area contributed by atoms with E-state index < -0.39 is 0 Å². The van der Waals surface area contributed by atoms with Crippen LogP contribution in [0, 0.1) is 0 Å². The van der Waals surface area contributed by atoms with Gasteiger partial charge in [0.1, 0.15) is 11.6 Å². The molecule has 0 aliphatic heterocycles. The summed E-state index contributed by atoms with van der Waals surface area (Å²) in [6.07, 6.45) is 0. The Kier molecular flexibility index (Phi) is 7.30. The molecule has 5 nitrogen and oxygen atoms in total. The van der Waals surface area contributed by atoms with Gasteiger partial charge in [-0.3, -0.25) is 0 Å². The zero-order chi connectivity index (χ0) is 15.0. The topological polar surface area (TPSA) is 50.3 Å². The largest absolute Gasteiger partial charge is 0.478 e. The number of nitrogens with one attached hydrogen (secondary N) is 1. The van der Waals surface area contributed by atoms with Crippen molar-refractivity contribution in [3.8, 4) is 5.88 Å². The fraction of sp³-hybridized carbons (Fsp3) is 0.733. The van der Waals surface area contributed by atoms with E-state index >= 15 is 0 Å². The minimum absolute atomic E-state index is 0.290. The van der Waals surface area contributed by atoms with Gasteiger partial charge in [0.25, 0.3) is 0 Å². The van der Waals surface area contributed by atoms with Gasteiger partial charge in [-0.25, -0.2) is 4.98 Å². The minimum atomic E-state index is 0.290. The van der Waals surface area contributed by atoms with Crippen molar-refractivity contribution in [2.24, 2.45) is 0 Å². The highest BCUT2D eigenvalue weighted by molar-refractivity contribution is 5.38. The normalized spacial score (nSPS) is 11.2. The lowest BCUT2D eigenvalue weighted by atomic mass is 10.2. The van der Waals surface area contributed by atoms with Crippen LogP contribution in [0.25, 0.3) is 0 Å². The molecule has 0 bridgehead atoms. The molecule has 5 heteroatoms. The average molecular weight is 280 g/mol. The van der Waals surface area contributed by atoms with E-state index in [2.05, 4.69) is 47.9 Å². The van der Waals surface area contributed by atoms with Gasteiger partial charge in [-0.1, -0.05) is 27.7 Å². The number of rotatable bonds is 9. The fourth-order valence-corrected chi connectivity index (χ4v) is 1.90. The number of hydrogen-bond acceptors (Lipinski definition) is 5. The average Bonchev–Trinajstić information content (AvgIpc) is 2.44. The Morgan fingerprint density at radius 3 is 2.45 bits per heavy atom. The van der Waals surface area contributed by atoms with Crippen LogP contribution in [0.4, 0.5) is 5.82 Å². The van der Waals surface area contributed by atoms with Crippen LogP contribution in [0.3, 0.4) is 0 Å². The Hall–Kier alpha value is -1.36. The molecule has 0 unspecified atom stereocenters. The number of ether oxygens (including phenoxy) is 1. The summed E-state index contributed by atoms with van der Waals surface area (Å²) in [6, 6.07) is 1.87. The second kappa shape index (κ2) is 8.74. The number of anilines is 1. The van der Waals surface area contributed by atoms with E-state index in [-0.39, 0.29) is 0 Å². The molecule has 0 aromatic carbocycles. The van der Waals surface area contributed by atoms with Gasteiger partial charge in [-0.2, -0.15) is 4.98 Å². The number of hydrogen-bond donors (Lipinski definition) is 1.